The van der Waals surface area contributed by atoms with E-state index in [1.54, 1.807) is 12.1 Å². The second-order valence-electron chi connectivity index (χ2n) is 4.41. The van der Waals surface area contributed by atoms with E-state index in [4.69, 9.17) is 18.2 Å². The molecule has 5 nitrogen and oxygen atoms in total. The minimum Gasteiger partial charge on any atom is -0.491 e. The molecule has 4 unspecified atom stereocenters. The molecule has 1 aromatic carbocycles. The van der Waals surface area contributed by atoms with Crippen LogP contribution in [0.1, 0.15) is 5.56 Å². The van der Waals surface area contributed by atoms with E-state index in [-0.39, 0.29) is 11.7 Å². The van der Waals surface area contributed by atoms with Gasteiger partial charge in [0.25, 0.3) is 0 Å². The largest absolute Gasteiger partial charge is 0.491 e. The molecule has 0 aliphatic heterocycles. The van der Waals surface area contributed by atoms with Crippen molar-refractivity contribution in [1.29, 1.82) is 0 Å². The standard InChI is InChI=1S/C13H17O5P3/c1-8-4-13(14)17-12-3-2-9(5-11(8)12)15-6-10(7-16-19)18-21-20/h2-5,10,21H,6-7,19-20H2,1H3. The van der Waals surface area contributed by atoms with Gasteiger partial charge in [-0.05, 0) is 30.7 Å². The van der Waals surface area contributed by atoms with Crippen molar-refractivity contribution in [3.63, 3.8) is 0 Å². The Labute approximate surface area is 129 Å². The molecule has 1 aromatic heterocycles. The summed E-state index contributed by atoms with van der Waals surface area (Å²) in [5.74, 6) is 0.698. The number of fused-ring (bicyclic) bond motifs is 1. The number of hydrogen-bond donors (Lipinski definition) is 0. The average molecular weight is 346 g/mol. The molecule has 0 fully saturated rings. The maximum Gasteiger partial charge on any atom is 0.336 e. The summed E-state index contributed by atoms with van der Waals surface area (Å²) in [5.41, 5.74) is 1.07. The Morgan fingerprint density at radius 1 is 1.33 bits per heavy atom. The van der Waals surface area contributed by atoms with E-state index < -0.39 is 0 Å². The van der Waals surface area contributed by atoms with E-state index in [0.717, 1.165) is 10.9 Å². The molecular formula is C13H17O5P3. The van der Waals surface area contributed by atoms with E-state index in [0.29, 0.717) is 33.0 Å². The van der Waals surface area contributed by atoms with Crippen LogP contribution in [0, 0.1) is 6.92 Å². The summed E-state index contributed by atoms with van der Waals surface area (Å²) < 4.78 is 21.4. The predicted octanol–water partition coefficient (Wildman–Crippen LogP) is 3.06. The summed E-state index contributed by atoms with van der Waals surface area (Å²) in [6.07, 6.45) is -0.135. The van der Waals surface area contributed by atoms with Gasteiger partial charge in [-0.25, -0.2) is 4.79 Å². The normalized spacial score (nSPS) is 13.1. The Bertz CT molecular complexity index is 652. The van der Waals surface area contributed by atoms with Gasteiger partial charge in [0.1, 0.15) is 24.0 Å². The lowest BCUT2D eigenvalue weighted by atomic mass is 10.1. The van der Waals surface area contributed by atoms with E-state index in [1.807, 2.05) is 13.0 Å². The highest BCUT2D eigenvalue weighted by molar-refractivity contribution is 8.00. The fourth-order valence-electron chi connectivity index (χ4n) is 1.90. The first-order valence-corrected chi connectivity index (χ1v) is 9.43. The van der Waals surface area contributed by atoms with E-state index >= 15 is 0 Å². The van der Waals surface area contributed by atoms with Crippen LogP contribution in [-0.2, 0) is 9.05 Å². The SMILES string of the molecule is Cc1cc(=O)oc2ccc(OCC(COP)OPP)cc12. The van der Waals surface area contributed by atoms with Crippen LogP contribution in [-0.4, -0.2) is 19.3 Å². The quantitative estimate of drug-likeness (QED) is 0.570. The number of benzene rings is 1. The van der Waals surface area contributed by atoms with Crippen molar-refractivity contribution in [3.8, 4) is 5.75 Å². The first-order valence-electron chi connectivity index (χ1n) is 6.24. The van der Waals surface area contributed by atoms with Crippen LogP contribution in [0.3, 0.4) is 0 Å². The molecule has 2 aromatic rings. The lowest BCUT2D eigenvalue weighted by Gasteiger charge is -2.16. The second kappa shape index (κ2) is 8.17. The van der Waals surface area contributed by atoms with Crippen LogP contribution in [0.4, 0.5) is 0 Å². The van der Waals surface area contributed by atoms with Gasteiger partial charge in [0.15, 0.2) is 0 Å². The van der Waals surface area contributed by atoms with Gasteiger partial charge < -0.3 is 18.2 Å². The zero-order valence-corrected chi connectivity index (χ0v) is 14.8. The van der Waals surface area contributed by atoms with Crippen LogP contribution in [0.5, 0.6) is 5.75 Å². The number of aryl methyl sites for hydroxylation is 1. The summed E-state index contributed by atoms with van der Waals surface area (Å²) in [6.45, 7) is 2.69. The maximum atomic E-state index is 11.3. The first-order chi connectivity index (χ1) is 10.1. The van der Waals surface area contributed by atoms with Crippen molar-refractivity contribution in [3.05, 3.63) is 40.2 Å². The molecule has 0 spiro atoms. The molecule has 2 rings (SSSR count). The Morgan fingerprint density at radius 3 is 2.86 bits per heavy atom. The smallest absolute Gasteiger partial charge is 0.336 e. The van der Waals surface area contributed by atoms with Crippen molar-refractivity contribution in [2.24, 2.45) is 0 Å². The highest BCUT2D eigenvalue weighted by Gasteiger charge is 2.10. The zero-order chi connectivity index (χ0) is 15.2. The van der Waals surface area contributed by atoms with Crippen molar-refractivity contribution in [2.45, 2.75) is 13.0 Å². The number of rotatable bonds is 7. The molecule has 1 heterocycles. The summed E-state index contributed by atoms with van der Waals surface area (Å²) in [6, 6.07) is 6.83. The molecule has 8 heteroatoms. The molecule has 4 atom stereocenters. The molecule has 114 valence electrons. The van der Waals surface area contributed by atoms with Gasteiger partial charge in [0.05, 0.1) is 6.61 Å². The van der Waals surface area contributed by atoms with Crippen LogP contribution in [0.25, 0.3) is 11.0 Å². The molecule has 0 bridgehead atoms. The van der Waals surface area contributed by atoms with Crippen LogP contribution in [0.2, 0.25) is 0 Å². The Hall–Kier alpha value is -0.560. The fraction of sp³-hybridized carbons (Fsp3) is 0.308. The summed E-state index contributed by atoms with van der Waals surface area (Å²) >= 11 is 0. The van der Waals surface area contributed by atoms with Crippen LogP contribution in [0.15, 0.2) is 33.5 Å². The molecule has 0 N–H and O–H groups in total. The Balaban J connectivity index is 2.14. The maximum absolute atomic E-state index is 11.3. The van der Waals surface area contributed by atoms with Gasteiger partial charge in [-0.2, -0.15) is 0 Å². The topological polar surface area (TPSA) is 57.9 Å². The summed E-state index contributed by atoms with van der Waals surface area (Å²) in [5, 5.41) is 0.861. The lowest BCUT2D eigenvalue weighted by Crippen LogP contribution is -2.23. The minimum absolute atomic E-state index is 0.135. The van der Waals surface area contributed by atoms with Crippen molar-refractivity contribution in [1.82, 2.24) is 0 Å². The third kappa shape index (κ3) is 4.71. The fourth-order valence-corrected chi connectivity index (χ4v) is 3.02. The molecule has 0 saturated heterocycles. The van der Waals surface area contributed by atoms with Crippen LogP contribution >= 0.6 is 26.9 Å². The van der Waals surface area contributed by atoms with Crippen molar-refractivity contribution in [2.75, 3.05) is 13.2 Å². The van der Waals surface area contributed by atoms with E-state index in [9.17, 15) is 4.79 Å². The van der Waals surface area contributed by atoms with Crippen molar-refractivity contribution >= 4 is 37.9 Å². The molecular weight excluding hydrogens is 329 g/mol. The molecule has 21 heavy (non-hydrogen) atoms. The van der Waals surface area contributed by atoms with Gasteiger partial charge in [0, 0.05) is 29.4 Å². The predicted molar refractivity (Wildman–Crippen MR) is 91.3 cm³/mol. The van der Waals surface area contributed by atoms with Crippen LogP contribution < -0.4 is 10.4 Å². The van der Waals surface area contributed by atoms with Gasteiger partial charge in [-0.1, -0.05) is 8.93 Å². The van der Waals surface area contributed by atoms with Gasteiger partial charge >= 0.3 is 5.63 Å². The first kappa shape index (κ1) is 16.8. The average Bonchev–Trinajstić information content (AvgIpc) is 2.45. The third-order valence-corrected chi connectivity index (χ3v) is 3.94. The second-order valence-corrected chi connectivity index (χ2v) is 5.92. The zero-order valence-electron chi connectivity index (χ0n) is 11.5. The Kier molecular flexibility index (Phi) is 6.54. The molecule has 0 aliphatic rings. The molecule has 0 aliphatic carbocycles. The summed E-state index contributed by atoms with van der Waals surface area (Å²) in [4.78, 5) is 11.3. The highest BCUT2D eigenvalue weighted by atomic mass is 32.0. The third-order valence-electron chi connectivity index (χ3n) is 2.87. The monoisotopic (exact) mass is 346 g/mol. The minimum atomic E-state index is -0.346. The molecule has 0 amide bonds. The van der Waals surface area contributed by atoms with Crippen molar-refractivity contribution < 1.29 is 18.2 Å². The lowest BCUT2D eigenvalue weighted by molar-refractivity contribution is 0.105. The summed E-state index contributed by atoms with van der Waals surface area (Å²) in [7, 11) is 5.02. The van der Waals surface area contributed by atoms with E-state index in [2.05, 4.69) is 18.4 Å². The highest BCUT2D eigenvalue weighted by Crippen LogP contribution is 2.26. The Morgan fingerprint density at radius 2 is 2.14 bits per heavy atom. The number of hydrogen-bond acceptors (Lipinski definition) is 5. The number of ether oxygens (including phenoxy) is 1. The molecule has 0 radical (unpaired) electrons. The van der Waals surface area contributed by atoms with Gasteiger partial charge in [0.2, 0.25) is 0 Å². The molecule has 0 saturated carbocycles. The van der Waals surface area contributed by atoms with E-state index in [1.165, 1.54) is 6.07 Å². The van der Waals surface area contributed by atoms with Gasteiger partial charge in [-0.3, -0.25) is 0 Å². The van der Waals surface area contributed by atoms with Gasteiger partial charge in [-0.15, -0.1) is 0 Å².